The van der Waals surface area contributed by atoms with Gasteiger partial charge in [0.1, 0.15) is 0 Å². The summed E-state index contributed by atoms with van der Waals surface area (Å²) >= 11 is 0. The summed E-state index contributed by atoms with van der Waals surface area (Å²) in [6.45, 7) is 6.51. The first kappa shape index (κ1) is 17.0. The molecule has 116 valence electrons. The molecule has 0 spiro atoms. The largest absolute Gasteiger partial charge is 0.357 e. The monoisotopic (exact) mass is 290 g/mol. The quantitative estimate of drug-likeness (QED) is 0.621. The fourth-order valence-corrected chi connectivity index (χ4v) is 1.77. The van der Waals surface area contributed by atoms with Crippen LogP contribution in [-0.2, 0) is 6.54 Å². The lowest BCUT2D eigenvalue weighted by Gasteiger charge is -2.11. The van der Waals surface area contributed by atoms with Crippen LogP contribution in [0.5, 0.6) is 0 Å². The van der Waals surface area contributed by atoms with Gasteiger partial charge in [0.15, 0.2) is 5.96 Å². The standard InChI is InChI=1S/C16H26N4O/c1-5-11-18-16(17-6-2)19-12-13-7-9-14(10-8-13)15(21)20(3)4/h7-10H,5-6,11-12H2,1-4H3,(H2,17,18,19). The van der Waals surface area contributed by atoms with Gasteiger partial charge in [-0.3, -0.25) is 4.79 Å². The molecule has 0 fully saturated rings. The molecule has 0 radical (unpaired) electrons. The maximum Gasteiger partial charge on any atom is 0.253 e. The van der Waals surface area contributed by atoms with Crippen molar-refractivity contribution in [1.82, 2.24) is 15.5 Å². The van der Waals surface area contributed by atoms with Crippen LogP contribution in [0.25, 0.3) is 0 Å². The van der Waals surface area contributed by atoms with E-state index in [0.717, 1.165) is 31.0 Å². The van der Waals surface area contributed by atoms with Gasteiger partial charge in [-0.2, -0.15) is 0 Å². The minimum absolute atomic E-state index is 0.0167. The van der Waals surface area contributed by atoms with Crippen molar-refractivity contribution in [2.75, 3.05) is 27.2 Å². The van der Waals surface area contributed by atoms with Gasteiger partial charge in [-0.15, -0.1) is 0 Å². The second kappa shape index (κ2) is 9.00. The highest BCUT2D eigenvalue weighted by Crippen LogP contribution is 2.07. The van der Waals surface area contributed by atoms with Crippen LogP contribution < -0.4 is 10.6 Å². The number of rotatable bonds is 6. The summed E-state index contributed by atoms with van der Waals surface area (Å²) in [5.41, 5.74) is 1.78. The molecule has 0 aliphatic rings. The predicted molar refractivity (Wildman–Crippen MR) is 87.6 cm³/mol. The van der Waals surface area contributed by atoms with Gasteiger partial charge in [-0.25, -0.2) is 4.99 Å². The van der Waals surface area contributed by atoms with E-state index in [4.69, 9.17) is 0 Å². The average molecular weight is 290 g/mol. The summed E-state index contributed by atoms with van der Waals surface area (Å²) in [6, 6.07) is 7.59. The summed E-state index contributed by atoms with van der Waals surface area (Å²) in [6.07, 6.45) is 1.06. The second-order valence-electron chi connectivity index (χ2n) is 5.02. The zero-order valence-corrected chi connectivity index (χ0v) is 13.4. The number of aliphatic imine (C=N–C) groups is 1. The van der Waals surface area contributed by atoms with Crippen LogP contribution in [0.1, 0.15) is 36.2 Å². The first-order valence-electron chi connectivity index (χ1n) is 7.41. The Kier molecular flexibility index (Phi) is 7.29. The molecule has 0 bridgehead atoms. The van der Waals surface area contributed by atoms with E-state index in [1.54, 1.807) is 19.0 Å². The van der Waals surface area contributed by atoms with Gasteiger partial charge < -0.3 is 15.5 Å². The van der Waals surface area contributed by atoms with Crippen LogP contribution in [0.2, 0.25) is 0 Å². The van der Waals surface area contributed by atoms with Crippen molar-refractivity contribution in [1.29, 1.82) is 0 Å². The van der Waals surface area contributed by atoms with Crippen molar-refractivity contribution < 1.29 is 4.79 Å². The van der Waals surface area contributed by atoms with E-state index in [-0.39, 0.29) is 5.91 Å². The summed E-state index contributed by atoms with van der Waals surface area (Å²) in [4.78, 5) is 17.9. The Balaban J connectivity index is 2.67. The number of nitrogens with zero attached hydrogens (tertiary/aromatic N) is 2. The Bertz CT molecular complexity index is 466. The van der Waals surface area contributed by atoms with Gasteiger partial charge in [0.2, 0.25) is 0 Å². The van der Waals surface area contributed by atoms with Crippen molar-refractivity contribution in [2.24, 2.45) is 4.99 Å². The molecule has 5 nitrogen and oxygen atoms in total. The maximum atomic E-state index is 11.8. The SMILES string of the molecule is CCCNC(=NCc1ccc(C(=O)N(C)C)cc1)NCC. The first-order valence-corrected chi connectivity index (χ1v) is 7.41. The van der Waals surface area contributed by atoms with Gasteiger partial charge >= 0.3 is 0 Å². The Morgan fingerprint density at radius 2 is 1.81 bits per heavy atom. The molecule has 5 heteroatoms. The van der Waals surface area contributed by atoms with Gasteiger partial charge in [0.05, 0.1) is 6.54 Å². The molecule has 0 saturated carbocycles. The molecule has 21 heavy (non-hydrogen) atoms. The average Bonchev–Trinajstić information content (AvgIpc) is 2.49. The van der Waals surface area contributed by atoms with E-state index in [1.807, 2.05) is 31.2 Å². The molecular formula is C16H26N4O. The van der Waals surface area contributed by atoms with Crippen LogP contribution >= 0.6 is 0 Å². The molecule has 0 heterocycles. The molecule has 0 saturated heterocycles. The Morgan fingerprint density at radius 3 is 2.33 bits per heavy atom. The first-order chi connectivity index (χ1) is 10.1. The van der Waals surface area contributed by atoms with Crippen LogP contribution in [-0.4, -0.2) is 44.0 Å². The summed E-state index contributed by atoms with van der Waals surface area (Å²) in [7, 11) is 3.51. The van der Waals surface area contributed by atoms with Crippen LogP contribution in [0, 0.1) is 0 Å². The Morgan fingerprint density at radius 1 is 1.14 bits per heavy atom. The number of benzene rings is 1. The summed E-state index contributed by atoms with van der Waals surface area (Å²) in [5.74, 6) is 0.843. The van der Waals surface area contributed by atoms with E-state index in [0.29, 0.717) is 12.1 Å². The molecule has 1 aromatic rings. The molecule has 1 rings (SSSR count). The number of nitrogens with one attached hydrogen (secondary N) is 2. The van der Waals surface area contributed by atoms with E-state index >= 15 is 0 Å². The molecular weight excluding hydrogens is 264 g/mol. The predicted octanol–water partition coefficient (Wildman–Crippen LogP) is 1.85. The highest BCUT2D eigenvalue weighted by molar-refractivity contribution is 5.93. The topological polar surface area (TPSA) is 56.7 Å². The summed E-state index contributed by atoms with van der Waals surface area (Å²) < 4.78 is 0. The molecule has 1 amide bonds. The van der Waals surface area contributed by atoms with E-state index in [2.05, 4.69) is 22.5 Å². The van der Waals surface area contributed by atoms with E-state index in [1.165, 1.54) is 0 Å². The van der Waals surface area contributed by atoms with E-state index < -0.39 is 0 Å². The lowest BCUT2D eigenvalue weighted by Crippen LogP contribution is -2.37. The van der Waals surface area contributed by atoms with Gasteiger partial charge in [-0.05, 0) is 31.0 Å². The fourth-order valence-electron chi connectivity index (χ4n) is 1.77. The number of hydrogen-bond acceptors (Lipinski definition) is 2. The number of hydrogen-bond donors (Lipinski definition) is 2. The Hall–Kier alpha value is -2.04. The third-order valence-electron chi connectivity index (χ3n) is 2.91. The van der Waals surface area contributed by atoms with Gasteiger partial charge in [0.25, 0.3) is 5.91 Å². The molecule has 0 aromatic heterocycles. The molecule has 0 unspecified atom stereocenters. The zero-order valence-electron chi connectivity index (χ0n) is 13.4. The van der Waals surface area contributed by atoms with Crippen LogP contribution in [0.15, 0.2) is 29.3 Å². The molecule has 0 aliphatic carbocycles. The number of carbonyl (C=O) groups excluding carboxylic acids is 1. The van der Waals surface area contributed by atoms with Gasteiger partial charge in [-0.1, -0.05) is 19.1 Å². The molecule has 1 aromatic carbocycles. The minimum Gasteiger partial charge on any atom is -0.357 e. The smallest absolute Gasteiger partial charge is 0.253 e. The summed E-state index contributed by atoms with van der Waals surface area (Å²) in [5, 5.41) is 6.47. The highest BCUT2D eigenvalue weighted by atomic mass is 16.2. The minimum atomic E-state index is 0.0167. The third kappa shape index (κ3) is 5.85. The number of amides is 1. The van der Waals surface area contributed by atoms with Crippen molar-refractivity contribution in [3.05, 3.63) is 35.4 Å². The number of carbonyl (C=O) groups is 1. The lowest BCUT2D eigenvalue weighted by molar-refractivity contribution is 0.0827. The second-order valence-corrected chi connectivity index (χ2v) is 5.02. The van der Waals surface area contributed by atoms with E-state index in [9.17, 15) is 4.79 Å². The fraction of sp³-hybridized carbons (Fsp3) is 0.500. The van der Waals surface area contributed by atoms with Crippen molar-refractivity contribution >= 4 is 11.9 Å². The lowest BCUT2D eigenvalue weighted by atomic mass is 10.1. The van der Waals surface area contributed by atoms with Crippen LogP contribution in [0.3, 0.4) is 0 Å². The molecule has 0 aliphatic heterocycles. The van der Waals surface area contributed by atoms with Crippen LogP contribution in [0.4, 0.5) is 0 Å². The highest BCUT2D eigenvalue weighted by Gasteiger charge is 2.06. The zero-order chi connectivity index (χ0) is 15.7. The molecule has 0 atom stereocenters. The van der Waals surface area contributed by atoms with Gasteiger partial charge in [0, 0.05) is 32.7 Å². The normalized spacial score (nSPS) is 11.1. The van der Waals surface area contributed by atoms with Crippen molar-refractivity contribution in [3.63, 3.8) is 0 Å². The maximum absolute atomic E-state index is 11.8. The van der Waals surface area contributed by atoms with Crippen molar-refractivity contribution in [2.45, 2.75) is 26.8 Å². The third-order valence-corrected chi connectivity index (χ3v) is 2.91. The Labute approximate surface area is 127 Å². The number of guanidine groups is 1. The molecule has 2 N–H and O–H groups in total. The van der Waals surface area contributed by atoms with Crippen molar-refractivity contribution in [3.8, 4) is 0 Å².